The number of para-hydroxylation sites is 1. The van der Waals surface area contributed by atoms with E-state index in [4.69, 9.17) is 9.26 Å². The van der Waals surface area contributed by atoms with Gasteiger partial charge in [0.15, 0.2) is 11.6 Å². The molecule has 5 aromatic rings. The van der Waals surface area contributed by atoms with Gasteiger partial charge < -0.3 is 9.26 Å². The van der Waals surface area contributed by atoms with Gasteiger partial charge >= 0.3 is 0 Å². The molecule has 0 saturated heterocycles. The van der Waals surface area contributed by atoms with Crippen molar-refractivity contribution in [3.05, 3.63) is 83.1 Å². The molecule has 174 valence electrons. The third kappa shape index (κ3) is 3.32. The molecular formula is C25H20FN7O2. The molecule has 1 fully saturated rings. The number of aryl methyl sites for hydroxylation is 1. The maximum Gasteiger partial charge on any atom is 0.230 e. The average molecular weight is 469 g/mol. The molecule has 0 amide bonds. The van der Waals surface area contributed by atoms with Crippen LogP contribution in [-0.4, -0.2) is 34.7 Å². The normalized spacial score (nSPS) is 14.2. The number of benzene rings is 2. The Kier molecular flexibility index (Phi) is 4.35. The maximum absolute atomic E-state index is 14.1. The Hall–Kier alpha value is -4.34. The Labute approximate surface area is 199 Å². The van der Waals surface area contributed by atoms with Crippen molar-refractivity contribution in [2.45, 2.75) is 38.7 Å². The summed E-state index contributed by atoms with van der Waals surface area (Å²) in [5, 5.41) is 13.1. The zero-order valence-electron chi connectivity index (χ0n) is 18.8. The first-order valence-corrected chi connectivity index (χ1v) is 11.5. The van der Waals surface area contributed by atoms with E-state index in [9.17, 15) is 4.39 Å². The van der Waals surface area contributed by atoms with E-state index in [1.54, 1.807) is 24.5 Å². The van der Waals surface area contributed by atoms with E-state index >= 15 is 0 Å². The van der Waals surface area contributed by atoms with Gasteiger partial charge in [0.2, 0.25) is 11.7 Å². The molecule has 0 spiro atoms. The van der Waals surface area contributed by atoms with Crippen LogP contribution in [-0.2, 0) is 13.0 Å². The van der Waals surface area contributed by atoms with Crippen molar-refractivity contribution in [1.82, 2.24) is 34.7 Å². The number of aromatic nitrogens is 7. The van der Waals surface area contributed by atoms with Crippen LogP contribution in [0.3, 0.4) is 0 Å². The molecule has 0 radical (unpaired) electrons. The summed E-state index contributed by atoms with van der Waals surface area (Å²) in [5.74, 6) is 1.24. The van der Waals surface area contributed by atoms with Gasteiger partial charge in [0, 0.05) is 12.3 Å². The second-order valence-electron chi connectivity index (χ2n) is 8.92. The first-order chi connectivity index (χ1) is 17.2. The van der Waals surface area contributed by atoms with E-state index < -0.39 is 5.82 Å². The van der Waals surface area contributed by atoms with Crippen molar-refractivity contribution in [1.29, 1.82) is 0 Å². The summed E-state index contributed by atoms with van der Waals surface area (Å²) in [6, 6.07) is 12.5. The number of hydrogen-bond acceptors (Lipinski definition) is 7. The SMILES string of the molecule is Cc1ccc2c(c1)-n1nnc(COc3ccccc3F)c1Cc1c(-c3noc(C4CC4)n3)ncn1-2. The Morgan fingerprint density at radius 2 is 2.00 bits per heavy atom. The van der Waals surface area contributed by atoms with E-state index in [1.165, 1.54) is 6.07 Å². The number of hydrogen-bond donors (Lipinski definition) is 0. The Morgan fingerprint density at radius 1 is 1.11 bits per heavy atom. The summed E-state index contributed by atoms with van der Waals surface area (Å²) < 4.78 is 29.3. The highest BCUT2D eigenvalue weighted by molar-refractivity contribution is 5.62. The van der Waals surface area contributed by atoms with Gasteiger partial charge in [0.05, 0.1) is 22.8 Å². The molecule has 35 heavy (non-hydrogen) atoms. The minimum atomic E-state index is -0.421. The van der Waals surface area contributed by atoms with Crippen LogP contribution in [0, 0.1) is 12.7 Å². The van der Waals surface area contributed by atoms with Crippen LogP contribution in [0.25, 0.3) is 22.9 Å². The lowest BCUT2D eigenvalue weighted by Gasteiger charge is -2.10. The van der Waals surface area contributed by atoms with Crippen molar-refractivity contribution in [3.8, 4) is 28.6 Å². The highest BCUT2D eigenvalue weighted by Crippen LogP contribution is 2.40. The van der Waals surface area contributed by atoms with Gasteiger partial charge in [-0.25, -0.2) is 14.1 Å². The smallest absolute Gasteiger partial charge is 0.230 e. The van der Waals surface area contributed by atoms with Crippen LogP contribution in [0.4, 0.5) is 4.39 Å². The van der Waals surface area contributed by atoms with Gasteiger partial charge in [-0.2, -0.15) is 4.98 Å². The number of rotatable bonds is 5. The summed E-state index contributed by atoms with van der Waals surface area (Å²) in [5.41, 5.74) is 5.88. The molecule has 0 bridgehead atoms. The fourth-order valence-corrected chi connectivity index (χ4v) is 4.45. The Morgan fingerprint density at radius 3 is 2.86 bits per heavy atom. The molecule has 3 aromatic heterocycles. The lowest BCUT2D eigenvalue weighted by atomic mass is 10.1. The number of fused-ring (bicyclic) bond motifs is 5. The van der Waals surface area contributed by atoms with Crippen LogP contribution in [0.5, 0.6) is 5.75 Å². The van der Waals surface area contributed by atoms with E-state index in [0.29, 0.717) is 35.4 Å². The molecule has 0 unspecified atom stereocenters. The standard InChI is InChI=1S/C25H20FN7O2/c1-14-6-9-18-20(10-14)33-19(17(29-31-33)12-34-22-5-3-2-4-16(22)26)11-21-23(27-13-32(18)21)24-28-25(35-30-24)15-7-8-15/h2-6,9-10,13,15H,7-8,11-12H2,1H3. The molecule has 0 N–H and O–H groups in total. The Balaban J connectivity index is 1.34. The molecule has 2 aliphatic rings. The van der Waals surface area contributed by atoms with Crippen LogP contribution in [0.15, 0.2) is 53.3 Å². The van der Waals surface area contributed by atoms with E-state index in [1.807, 2.05) is 28.3 Å². The van der Waals surface area contributed by atoms with E-state index in [-0.39, 0.29) is 12.4 Å². The summed E-state index contributed by atoms with van der Waals surface area (Å²) in [6.45, 7) is 2.11. The molecule has 7 rings (SSSR count). The highest BCUT2D eigenvalue weighted by Gasteiger charge is 2.32. The highest BCUT2D eigenvalue weighted by atomic mass is 19.1. The quantitative estimate of drug-likeness (QED) is 0.371. The molecule has 1 aliphatic carbocycles. The van der Waals surface area contributed by atoms with Crippen LogP contribution >= 0.6 is 0 Å². The summed E-state index contributed by atoms with van der Waals surface area (Å²) in [6.07, 6.45) is 4.39. The van der Waals surface area contributed by atoms with Crippen molar-refractivity contribution >= 4 is 0 Å². The first-order valence-electron chi connectivity index (χ1n) is 11.5. The van der Waals surface area contributed by atoms with E-state index in [0.717, 1.165) is 41.2 Å². The molecular weight excluding hydrogens is 449 g/mol. The summed E-state index contributed by atoms with van der Waals surface area (Å²) in [4.78, 5) is 9.28. The molecule has 10 heteroatoms. The minimum absolute atomic E-state index is 0.0783. The van der Waals surface area contributed by atoms with Crippen LogP contribution < -0.4 is 4.74 Å². The number of imidazole rings is 1. The fraction of sp³-hybridized carbons (Fsp3) is 0.240. The predicted octanol–water partition coefficient (Wildman–Crippen LogP) is 4.31. The van der Waals surface area contributed by atoms with Gasteiger partial charge in [-0.05, 0) is 49.6 Å². The topological polar surface area (TPSA) is 96.7 Å². The van der Waals surface area contributed by atoms with Gasteiger partial charge in [0.25, 0.3) is 0 Å². The van der Waals surface area contributed by atoms with Crippen LogP contribution in [0.2, 0.25) is 0 Å². The van der Waals surface area contributed by atoms with E-state index in [2.05, 4.69) is 31.5 Å². The first kappa shape index (κ1) is 20.1. The zero-order chi connectivity index (χ0) is 23.5. The monoisotopic (exact) mass is 469 g/mol. The second kappa shape index (κ2) is 7.59. The summed E-state index contributed by atoms with van der Waals surface area (Å²) in [7, 11) is 0. The van der Waals surface area contributed by atoms with Gasteiger partial charge in [-0.3, -0.25) is 4.57 Å². The van der Waals surface area contributed by atoms with Crippen LogP contribution in [0.1, 0.15) is 47.3 Å². The maximum atomic E-state index is 14.1. The van der Waals surface area contributed by atoms with Gasteiger partial charge in [-0.1, -0.05) is 28.6 Å². The van der Waals surface area contributed by atoms with Crippen molar-refractivity contribution < 1.29 is 13.7 Å². The average Bonchev–Trinajstić information content (AvgIpc) is 3.30. The molecule has 0 atom stereocenters. The predicted molar refractivity (Wildman–Crippen MR) is 122 cm³/mol. The fourth-order valence-electron chi connectivity index (χ4n) is 4.45. The number of ether oxygens (including phenoxy) is 1. The number of halogens is 1. The lowest BCUT2D eigenvalue weighted by Crippen LogP contribution is -2.06. The third-order valence-corrected chi connectivity index (χ3v) is 6.44. The van der Waals surface area contributed by atoms with Gasteiger partial charge in [-0.15, -0.1) is 5.10 Å². The third-order valence-electron chi connectivity index (χ3n) is 6.44. The number of nitrogens with zero attached hydrogens (tertiary/aromatic N) is 7. The Bertz CT molecular complexity index is 1580. The molecule has 4 heterocycles. The van der Waals surface area contributed by atoms with Crippen molar-refractivity contribution in [2.75, 3.05) is 0 Å². The minimum Gasteiger partial charge on any atom is -0.484 e. The molecule has 9 nitrogen and oxygen atoms in total. The molecule has 1 saturated carbocycles. The zero-order valence-corrected chi connectivity index (χ0v) is 18.8. The van der Waals surface area contributed by atoms with Gasteiger partial charge in [0.1, 0.15) is 24.3 Å². The lowest BCUT2D eigenvalue weighted by molar-refractivity contribution is 0.285. The second-order valence-corrected chi connectivity index (χ2v) is 8.92. The molecule has 2 aromatic carbocycles. The largest absolute Gasteiger partial charge is 0.484 e. The van der Waals surface area contributed by atoms with Crippen molar-refractivity contribution in [2.24, 2.45) is 0 Å². The van der Waals surface area contributed by atoms with Crippen molar-refractivity contribution in [3.63, 3.8) is 0 Å². The summed E-state index contributed by atoms with van der Waals surface area (Å²) >= 11 is 0. The molecule has 1 aliphatic heterocycles.